The Bertz CT molecular complexity index is 267. The van der Waals surface area contributed by atoms with Crippen LogP contribution in [0.15, 0.2) is 0 Å². The van der Waals surface area contributed by atoms with Crippen molar-refractivity contribution in [2.24, 2.45) is 11.8 Å². The summed E-state index contributed by atoms with van der Waals surface area (Å²) in [5, 5.41) is 3.26. The lowest BCUT2D eigenvalue weighted by Gasteiger charge is -2.24. The lowest BCUT2D eigenvalue weighted by molar-refractivity contribution is -0.131. The Balaban J connectivity index is 1.76. The van der Waals surface area contributed by atoms with Crippen LogP contribution in [0.5, 0.6) is 0 Å². The highest BCUT2D eigenvalue weighted by Gasteiger charge is 2.32. The van der Waals surface area contributed by atoms with Gasteiger partial charge in [0.1, 0.15) is 0 Å². The molecule has 2 rings (SSSR count). The van der Waals surface area contributed by atoms with Gasteiger partial charge in [-0.25, -0.2) is 8.78 Å². The summed E-state index contributed by atoms with van der Waals surface area (Å²) in [6.07, 6.45) is 0.759. The van der Waals surface area contributed by atoms with Gasteiger partial charge in [-0.3, -0.25) is 4.79 Å². The molecule has 5 heteroatoms. The molecule has 1 unspecified atom stereocenters. The van der Waals surface area contributed by atoms with E-state index in [1.807, 2.05) is 0 Å². The van der Waals surface area contributed by atoms with Crippen molar-refractivity contribution in [3.05, 3.63) is 0 Å². The maximum atomic E-state index is 12.5. The highest BCUT2D eigenvalue weighted by atomic mass is 19.3. The number of nitrogens with one attached hydrogen (secondary N) is 1. The molecule has 0 aliphatic carbocycles. The number of nitrogens with zero attached hydrogens (tertiary/aromatic N) is 1. The van der Waals surface area contributed by atoms with Crippen LogP contribution in [0.4, 0.5) is 8.78 Å². The third kappa shape index (κ3) is 3.37. The van der Waals surface area contributed by atoms with E-state index in [4.69, 9.17) is 0 Å². The van der Waals surface area contributed by atoms with E-state index in [2.05, 4.69) is 5.32 Å². The smallest absolute Gasteiger partial charge is 0.243 e. The van der Waals surface area contributed by atoms with Gasteiger partial charge >= 0.3 is 0 Å². The molecule has 2 aliphatic rings. The molecule has 3 nitrogen and oxygen atoms in total. The van der Waals surface area contributed by atoms with Gasteiger partial charge in [-0.05, 0) is 38.3 Å². The van der Waals surface area contributed by atoms with E-state index >= 15 is 0 Å². The SMILES string of the molecule is O=C(CC1CCNCC1)N1CCC(C(F)F)C1. The molecule has 0 aromatic rings. The summed E-state index contributed by atoms with van der Waals surface area (Å²) >= 11 is 0. The molecule has 17 heavy (non-hydrogen) atoms. The summed E-state index contributed by atoms with van der Waals surface area (Å²) in [6.45, 7) is 2.70. The average Bonchev–Trinajstić information content (AvgIpc) is 2.79. The third-order valence-electron chi connectivity index (χ3n) is 3.86. The van der Waals surface area contributed by atoms with Crippen molar-refractivity contribution in [2.75, 3.05) is 26.2 Å². The van der Waals surface area contributed by atoms with Crippen molar-refractivity contribution in [3.63, 3.8) is 0 Å². The van der Waals surface area contributed by atoms with Gasteiger partial charge < -0.3 is 10.2 Å². The second-order valence-electron chi connectivity index (χ2n) is 5.12. The van der Waals surface area contributed by atoms with Crippen LogP contribution in [0.3, 0.4) is 0 Å². The molecule has 2 fully saturated rings. The number of hydrogen-bond donors (Lipinski definition) is 1. The maximum absolute atomic E-state index is 12.5. The first-order valence-electron chi connectivity index (χ1n) is 6.43. The molecule has 2 aliphatic heterocycles. The molecule has 98 valence electrons. The van der Waals surface area contributed by atoms with E-state index < -0.39 is 12.3 Å². The Morgan fingerprint density at radius 1 is 1.29 bits per heavy atom. The molecule has 0 saturated carbocycles. The van der Waals surface area contributed by atoms with Gasteiger partial charge in [0.25, 0.3) is 0 Å². The van der Waals surface area contributed by atoms with Crippen molar-refractivity contribution in [2.45, 2.75) is 32.1 Å². The predicted molar refractivity (Wildman–Crippen MR) is 60.9 cm³/mol. The zero-order valence-electron chi connectivity index (χ0n) is 10.0. The molecule has 0 radical (unpaired) electrons. The van der Waals surface area contributed by atoms with Crippen LogP contribution in [0.2, 0.25) is 0 Å². The van der Waals surface area contributed by atoms with Crippen LogP contribution in [-0.2, 0) is 4.79 Å². The summed E-state index contributed by atoms with van der Waals surface area (Å²) in [5.41, 5.74) is 0. The summed E-state index contributed by atoms with van der Waals surface area (Å²) in [5.74, 6) is -0.0960. The Hall–Kier alpha value is -0.710. The van der Waals surface area contributed by atoms with E-state index in [9.17, 15) is 13.6 Å². The second kappa shape index (κ2) is 5.76. The van der Waals surface area contributed by atoms with Gasteiger partial charge in [-0.2, -0.15) is 0 Å². The fourth-order valence-corrected chi connectivity index (χ4v) is 2.68. The van der Waals surface area contributed by atoms with Crippen molar-refractivity contribution < 1.29 is 13.6 Å². The fraction of sp³-hybridized carbons (Fsp3) is 0.917. The number of halogens is 2. The topological polar surface area (TPSA) is 32.3 Å². The molecule has 0 spiro atoms. The standard InChI is InChI=1S/C12H20F2N2O/c13-12(14)10-3-6-16(8-10)11(17)7-9-1-4-15-5-2-9/h9-10,12,15H,1-8H2. The average molecular weight is 246 g/mol. The second-order valence-corrected chi connectivity index (χ2v) is 5.12. The lowest BCUT2D eigenvalue weighted by atomic mass is 9.94. The lowest BCUT2D eigenvalue weighted by Crippen LogP contribution is -2.34. The molecule has 1 amide bonds. The van der Waals surface area contributed by atoms with Gasteiger partial charge in [0.15, 0.2) is 0 Å². The first-order chi connectivity index (χ1) is 8.16. The summed E-state index contributed by atoms with van der Waals surface area (Å²) in [6, 6.07) is 0. The molecule has 0 aromatic carbocycles. The van der Waals surface area contributed by atoms with Gasteiger partial charge in [0.2, 0.25) is 12.3 Å². The van der Waals surface area contributed by atoms with Gasteiger partial charge in [-0.15, -0.1) is 0 Å². The van der Waals surface area contributed by atoms with Crippen molar-refractivity contribution in [3.8, 4) is 0 Å². The van der Waals surface area contributed by atoms with Crippen LogP contribution >= 0.6 is 0 Å². The normalized spacial score (nSPS) is 26.8. The Morgan fingerprint density at radius 3 is 2.59 bits per heavy atom. The quantitative estimate of drug-likeness (QED) is 0.818. The number of carbonyl (C=O) groups is 1. The largest absolute Gasteiger partial charge is 0.342 e. The van der Waals surface area contributed by atoms with Crippen LogP contribution in [-0.4, -0.2) is 43.4 Å². The number of likely N-dealkylation sites (tertiary alicyclic amines) is 1. The summed E-state index contributed by atoms with van der Waals surface area (Å²) < 4.78 is 25.0. The van der Waals surface area contributed by atoms with Crippen molar-refractivity contribution in [1.29, 1.82) is 0 Å². The number of piperidine rings is 1. The number of amides is 1. The number of rotatable bonds is 3. The minimum absolute atomic E-state index is 0.0695. The minimum atomic E-state index is -2.29. The van der Waals surface area contributed by atoms with Gasteiger partial charge in [0.05, 0.1) is 0 Å². The number of alkyl halides is 2. The molecule has 2 saturated heterocycles. The zero-order chi connectivity index (χ0) is 12.3. The monoisotopic (exact) mass is 246 g/mol. The molecule has 0 bridgehead atoms. The first kappa shape index (κ1) is 12.7. The molecule has 2 heterocycles. The van der Waals surface area contributed by atoms with Crippen LogP contribution in [0.1, 0.15) is 25.7 Å². The van der Waals surface area contributed by atoms with E-state index in [1.54, 1.807) is 4.90 Å². The Morgan fingerprint density at radius 2 is 2.00 bits per heavy atom. The first-order valence-corrected chi connectivity index (χ1v) is 6.43. The summed E-state index contributed by atoms with van der Waals surface area (Å²) in [7, 11) is 0. The highest BCUT2D eigenvalue weighted by molar-refractivity contribution is 5.76. The van der Waals surface area contributed by atoms with E-state index in [-0.39, 0.29) is 12.5 Å². The Kier molecular flexibility index (Phi) is 4.31. The van der Waals surface area contributed by atoms with Crippen LogP contribution in [0.25, 0.3) is 0 Å². The maximum Gasteiger partial charge on any atom is 0.243 e. The van der Waals surface area contributed by atoms with Crippen LogP contribution < -0.4 is 5.32 Å². The summed E-state index contributed by atoms with van der Waals surface area (Å²) in [4.78, 5) is 13.6. The van der Waals surface area contributed by atoms with Gasteiger partial charge in [-0.1, -0.05) is 0 Å². The highest BCUT2D eigenvalue weighted by Crippen LogP contribution is 2.25. The molecule has 1 N–H and O–H groups in total. The number of carbonyl (C=O) groups excluding carboxylic acids is 1. The fourth-order valence-electron chi connectivity index (χ4n) is 2.68. The molecule has 0 aromatic heterocycles. The minimum Gasteiger partial charge on any atom is -0.342 e. The van der Waals surface area contributed by atoms with E-state index in [1.165, 1.54) is 0 Å². The van der Waals surface area contributed by atoms with Gasteiger partial charge in [0, 0.05) is 25.4 Å². The van der Waals surface area contributed by atoms with E-state index in [0.717, 1.165) is 25.9 Å². The van der Waals surface area contributed by atoms with Crippen molar-refractivity contribution in [1.82, 2.24) is 10.2 Å². The molecular weight excluding hydrogens is 226 g/mol. The van der Waals surface area contributed by atoms with E-state index in [0.29, 0.717) is 25.3 Å². The Labute approximate surface area is 101 Å². The predicted octanol–water partition coefficient (Wildman–Crippen LogP) is 1.49. The van der Waals surface area contributed by atoms with Crippen molar-refractivity contribution >= 4 is 5.91 Å². The third-order valence-corrected chi connectivity index (χ3v) is 3.86. The zero-order valence-corrected chi connectivity index (χ0v) is 10.0. The number of hydrogen-bond acceptors (Lipinski definition) is 2. The molecular formula is C12H20F2N2O. The van der Waals surface area contributed by atoms with Crippen LogP contribution in [0, 0.1) is 11.8 Å². The molecule has 1 atom stereocenters.